The molecular formula is C10H10BrN3. The van der Waals surface area contributed by atoms with Gasteiger partial charge in [-0.25, -0.2) is 4.98 Å². The average molecular weight is 252 g/mol. The van der Waals surface area contributed by atoms with Crippen molar-refractivity contribution in [1.82, 2.24) is 14.9 Å². The van der Waals surface area contributed by atoms with Crippen LogP contribution in [-0.4, -0.2) is 28.5 Å². The summed E-state index contributed by atoms with van der Waals surface area (Å²) in [5.74, 6) is 0. The molecule has 1 aromatic rings. The summed E-state index contributed by atoms with van der Waals surface area (Å²) in [4.78, 5) is 10.6. The van der Waals surface area contributed by atoms with Crippen molar-refractivity contribution in [3.8, 4) is 0 Å². The molecule has 72 valence electrons. The van der Waals surface area contributed by atoms with E-state index in [0.717, 1.165) is 16.8 Å². The topological polar surface area (TPSA) is 29.0 Å². The molecule has 2 rings (SSSR count). The molecule has 0 amide bonds. The molecule has 0 aromatic carbocycles. The zero-order chi connectivity index (χ0) is 9.97. The van der Waals surface area contributed by atoms with Crippen LogP contribution in [0.2, 0.25) is 0 Å². The van der Waals surface area contributed by atoms with Gasteiger partial charge in [0.05, 0.1) is 18.1 Å². The Balaban J connectivity index is 2.27. The van der Waals surface area contributed by atoms with Crippen LogP contribution in [0.5, 0.6) is 0 Å². The number of aromatic nitrogens is 2. The Bertz CT molecular complexity index is 381. The van der Waals surface area contributed by atoms with Crippen molar-refractivity contribution in [2.75, 3.05) is 13.6 Å². The molecule has 0 radical (unpaired) electrons. The highest BCUT2D eigenvalue weighted by molar-refractivity contribution is 9.10. The Morgan fingerprint density at radius 3 is 2.86 bits per heavy atom. The number of hydrogen-bond donors (Lipinski definition) is 0. The molecule has 0 saturated carbocycles. The monoisotopic (exact) mass is 251 g/mol. The van der Waals surface area contributed by atoms with Gasteiger partial charge in [0.25, 0.3) is 0 Å². The molecule has 0 fully saturated rings. The quantitative estimate of drug-likeness (QED) is 0.766. The van der Waals surface area contributed by atoms with Gasteiger partial charge in [0, 0.05) is 13.6 Å². The molecule has 1 aliphatic heterocycles. The third-order valence-corrected chi connectivity index (χ3v) is 2.42. The van der Waals surface area contributed by atoms with Crippen LogP contribution >= 0.6 is 15.9 Å². The Morgan fingerprint density at radius 2 is 2.21 bits per heavy atom. The number of halogens is 1. The summed E-state index contributed by atoms with van der Waals surface area (Å²) < 4.78 is 0.765. The predicted molar refractivity (Wildman–Crippen MR) is 59.5 cm³/mol. The number of nitrogens with zero attached hydrogens (tertiary/aromatic N) is 3. The highest BCUT2D eigenvalue weighted by atomic mass is 79.9. The van der Waals surface area contributed by atoms with Gasteiger partial charge in [-0.1, -0.05) is 6.08 Å². The van der Waals surface area contributed by atoms with Gasteiger partial charge >= 0.3 is 0 Å². The van der Waals surface area contributed by atoms with E-state index in [0.29, 0.717) is 0 Å². The molecule has 0 saturated heterocycles. The molecule has 0 spiro atoms. The van der Waals surface area contributed by atoms with Gasteiger partial charge in [-0.3, -0.25) is 4.98 Å². The standard InChI is InChI=1S/C10H10BrN3/c1-14-4-2-3-8(7-14)9-5-13-10(11)6-12-9/h2-6H,7H2,1H3. The average Bonchev–Trinajstić information content (AvgIpc) is 2.19. The third kappa shape index (κ3) is 2.01. The van der Waals surface area contributed by atoms with Gasteiger partial charge in [-0.2, -0.15) is 0 Å². The Morgan fingerprint density at radius 1 is 1.36 bits per heavy atom. The molecular weight excluding hydrogens is 242 g/mol. The zero-order valence-corrected chi connectivity index (χ0v) is 9.40. The van der Waals surface area contributed by atoms with Gasteiger partial charge < -0.3 is 4.90 Å². The van der Waals surface area contributed by atoms with E-state index in [1.165, 1.54) is 5.57 Å². The summed E-state index contributed by atoms with van der Waals surface area (Å²) in [7, 11) is 2.04. The smallest absolute Gasteiger partial charge is 0.124 e. The van der Waals surface area contributed by atoms with Gasteiger partial charge in [-0.15, -0.1) is 0 Å². The lowest BCUT2D eigenvalue weighted by atomic mass is 10.1. The summed E-state index contributed by atoms with van der Waals surface area (Å²) in [6.07, 6.45) is 9.62. The lowest BCUT2D eigenvalue weighted by Crippen LogP contribution is -2.16. The second-order valence-corrected chi connectivity index (χ2v) is 3.99. The SMILES string of the molecule is CN1C=CC=C(c2cnc(Br)cn2)C1. The first-order valence-corrected chi connectivity index (χ1v) is 5.10. The predicted octanol–water partition coefficient (Wildman–Crippen LogP) is 2.08. The van der Waals surface area contributed by atoms with Crippen molar-refractivity contribution in [2.45, 2.75) is 0 Å². The largest absolute Gasteiger partial charge is 0.376 e. The van der Waals surface area contributed by atoms with E-state index in [4.69, 9.17) is 0 Å². The Hall–Kier alpha value is -1.16. The summed E-state index contributed by atoms with van der Waals surface area (Å²) in [6, 6.07) is 0. The maximum atomic E-state index is 4.30. The van der Waals surface area contributed by atoms with Crippen LogP contribution < -0.4 is 0 Å². The molecule has 0 N–H and O–H groups in total. The second-order valence-electron chi connectivity index (χ2n) is 3.17. The first-order valence-electron chi connectivity index (χ1n) is 4.31. The molecule has 0 aliphatic carbocycles. The molecule has 1 aromatic heterocycles. The molecule has 1 aliphatic rings. The van der Waals surface area contributed by atoms with Crippen LogP contribution in [0.4, 0.5) is 0 Å². The molecule has 2 heterocycles. The summed E-state index contributed by atoms with van der Waals surface area (Å²) in [6.45, 7) is 0.882. The van der Waals surface area contributed by atoms with E-state index < -0.39 is 0 Å². The number of hydrogen-bond acceptors (Lipinski definition) is 3. The molecule has 0 bridgehead atoms. The van der Waals surface area contributed by atoms with E-state index in [1.54, 1.807) is 12.4 Å². The fourth-order valence-corrected chi connectivity index (χ4v) is 1.53. The minimum absolute atomic E-state index is 0.765. The van der Waals surface area contributed by atoms with Crippen LogP contribution in [0.1, 0.15) is 5.69 Å². The maximum absolute atomic E-state index is 4.30. The second kappa shape index (κ2) is 3.92. The molecule has 14 heavy (non-hydrogen) atoms. The van der Waals surface area contributed by atoms with Crippen LogP contribution in [0.3, 0.4) is 0 Å². The van der Waals surface area contributed by atoms with E-state index in [2.05, 4.69) is 36.9 Å². The molecule has 0 unspecified atom stereocenters. The number of allylic oxidation sites excluding steroid dienone is 2. The molecule has 3 nitrogen and oxygen atoms in total. The van der Waals surface area contributed by atoms with Gasteiger partial charge in [-0.05, 0) is 33.8 Å². The van der Waals surface area contributed by atoms with Crippen molar-refractivity contribution in [3.05, 3.63) is 41.0 Å². The lowest BCUT2D eigenvalue weighted by molar-refractivity contribution is 0.512. The minimum atomic E-state index is 0.765. The lowest BCUT2D eigenvalue weighted by Gasteiger charge is -2.18. The van der Waals surface area contributed by atoms with Gasteiger partial charge in [0.2, 0.25) is 0 Å². The van der Waals surface area contributed by atoms with Crippen molar-refractivity contribution < 1.29 is 0 Å². The van der Waals surface area contributed by atoms with Crippen LogP contribution in [0, 0.1) is 0 Å². The Kier molecular flexibility index (Phi) is 2.63. The number of likely N-dealkylation sites (N-methyl/N-ethyl adjacent to an activating group) is 1. The number of rotatable bonds is 1. The van der Waals surface area contributed by atoms with E-state index in [9.17, 15) is 0 Å². The minimum Gasteiger partial charge on any atom is -0.376 e. The fourth-order valence-electron chi connectivity index (χ4n) is 1.32. The highest BCUT2D eigenvalue weighted by Gasteiger charge is 2.07. The first-order chi connectivity index (χ1) is 6.75. The maximum Gasteiger partial charge on any atom is 0.124 e. The fraction of sp³-hybridized carbons (Fsp3) is 0.200. The first kappa shape index (κ1) is 9.40. The highest BCUT2D eigenvalue weighted by Crippen LogP contribution is 2.16. The van der Waals surface area contributed by atoms with Crippen molar-refractivity contribution in [1.29, 1.82) is 0 Å². The zero-order valence-electron chi connectivity index (χ0n) is 7.81. The normalized spacial score (nSPS) is 15.6. The van der Waals surface area contributed by atoms with Crippen LogP contribution in [-0.2, 0) is 0 Å². The van der Waals surface area contributed by atoms with Crippen molar-refractivity contribution in [3.63, 3.8) is 0 Å². The van der Waals surface area contributed by atoms with E-state index in [1.807, 2.05) is 19.3 Å². The van der Waals surface area contributed by atoms with Crippen LogP contribution in [0.25, 0.3) is 5.57 Å². The Labute approximate surface area is 91.3 Å². The third-order valence-electron chi connectivity index (χ3n) is 2.01. The molecule has 0 atom stereocenters. The van der Waals surface area contributed by atoms with E-state index in [-0.39, 0.29) is 0 Å². The van der Waals surface area contributed by atoms with Gasteiger partial charge in [0.15, 0.2) is 0 Å². The molecule has 4 heteroatoms. The summed E-state index contributed by atoms with van der Waals surface area (Å²) >= 11 is 3.26. The van der Waals surface area contributed by atoms with Crippen molar-refractivity contribution in [2.24, 2.45) is 0 Å². The van der Waals surface area contributed by atoms with Gasteiger partial charge in [0.1, 0.15) is 4.60 Å². The van der Waals surface area contributed by atoms with Crippen molar-refractivity contribution >= 4 is 21.5 Å². The van der Waals surface area contributed by atoms with Crippen LogP contribution in [0.15, 0.2) is 35.3 Å². The summed E-state index contributed by atoms with van der Waals surface area (Å²) in [5, 5.41) is 0. The summed E-state index contributed by atoms with van der Waals surface area (Å²) in [5.41, 5.74) is 2.12. The van der Waals surface area contributed by atoms with E-state index >= 15 is 0 Å².